The first-order valence-corrected chi connectivity index (χ1v) is 8.24. The summed E-state index contributed by atoms with van der Waals surface area (Å²) in [6.45, 7) is 1.84. The van der Waals surface area contributed by atoms with Crippen LogP contribution in [0.15, 0.2) is 71.3 Å². The highest BCUT2D eigenvalue weighted by Gasteiger charge is 2.23. The van der Waals surface area contributed by atoms with E-state index in [9.17, 15) is 9.59 Å². The largest absolute Gasteiger partial charge is 0.459 e. The first-order chi connectivity index (χ1) is 12.6. The fraction of sp³-hybridized carbons (Fsp3) is 0.150. The summed E-state index contributed by atoms with van der Waals surface area (Å²) in [6, 6.07) is 17.3. The fourth-order valence-electron chi connectivity index (χ4n) is 2.52. The Morgan fingerprint density at radius 2 is 1.85 bits per heavy atom. The Hall–Kier alpha value is -3.41. The van der Waals surface area contributed by atoms with Crippen molar-refractivity contribution in [1.29, 1.82) is 0 Å². The number of amides is 2. The second-order valence-electron chi connectivity index (χ2n) is 5.85. The number of rotatable bonds is 6. The van der Waals surface area contributed by atoms with E-state index in [0.717, 1.165) is 11.3 Å². The molecular weight excluding hydrogens is 330 g/mol. The molecule has 0 spiro atoms. The minimum absolute atomic E-state index is 0.157. The van der Waals surface area contributed by atoms with Crippen LogP contribution in [0.25, 0.3) is 0 Å². The lowest BCUT2D eigenvalue weighted by molar-refractivity contribution is -0.118. The maximum Gasteiger partial charge on any atom is 0.287 e. The van der Waals surface area contributed by atoms with E-state index in [1.165, 1.54) is 6.26 Å². The quantitative estimate of drug-likeness (QED) is 0.716. The number of nitrogens with zero attached hydrogens (tertiary/aromatic N) is 1. The van der Waals surface area contributed by atoms with Gasteiger partial charge in [-0.05, 0) is 36.8 Å². The molecule has 0 aliphatic rings. The van der Waals surface area contributed by atoms with Crippen LogP contribution in [0.1, 0.15) is 21.8 Å². The van der Waals surface area contributed by atoms with E-state index in [1.807, 2.05) is 49.4 Å². The zero-order chi connectivity index (χ0) is 18.4. The SMILES string of the molecule is Cc1cccc(NC(=O)[C@@H](Cc2ccccc2)NC(=O)c2ccco2)n1. The Balaban J connectivity index is 1.77. The summed E-state index contributed by atoms with van der Waals surface area (Å²) in [4.78, 5) is 29.3. The van der Waals surface area contributed by atoms with Crippen molar-refractivity contribution in [3.05, 3.63) is 83.9 Å². The van der Waals surface area contributed by atoms with E-state index in [0.29, 0.717) is 12.2 Å². The number of anilines is 1. The van der Waals surface area contributed by atoms with Crippen molar-refractivity contribution in [3.8, 4) is 0 Å². The van der Waals surface area contributed by atoms with Crippen LogP contribution < -0.4 is 10.6 Å². The molecule has 6 heteroatoms. The maximum absolute atomic E-state index is 12.7. The van der Waals surface area contributed by atoms with Crippen molar-refractivity contribution in [3.63, 3.8) is 0 Å². The molecule has 1 aromatic carbocycles. The Labute approximate surface area is 151 Å². The van der Waals surface area contributed by atoms with E-state index in [2.05, 4.69) is 15.6 Å². The fourth-order valence-corrected chi connectivity index (χ4v) is 2.52. The van der Waals surface area contributed by atoms with Crippen molar-refractivity contribution >= 4 is 17.6 Å². The van der Waals surface area contributed by atoms with E-state index >= 15 is 0 Å². The predicted octanol–water partition coefficient (Wildman–Crippen LogP) is 2.96. The molecule has 0 radical (unpaired) electrons. The van der Waals surface area contributed by atoms with Gasteiger partial charge < -0.3 is 15.1 Å². The number of carbonyl (C=O) groups excluding carboxylic acids is 2. The Morgan fingerprint density at radius 3 is 2.54 bits per heavy atom. The number of benzene rings is 1. The third-order valence-electron chi connectivity index (χ3n) is 3.79. The summed E-state index contributed by atoms with van der Waals surface area (Å²) in [5.74, 6) is -0.181. The lowest BCUT2D eigenvalue weighted by Gasteiger charge is -2.18. The standard InChI is InChI=1S/C20H19N3O3/c1-14-7-5-11-18(21-14)23-19(24)16(13-15-8-3-2-4-9-15)22-20(25)17-10-6-12-26-17/h2-12,16H,13H2,1H3,(H,22,25)(H,21,23,24)/t16-/m1/s1. The highest BCUT2D eigenvalue weighted by Crippen LogP contribution is 2.09. The number of hydrogen-bond acceptors (Lipinski definition) is 4. The molecule has 0 saturated heterocycles. The maximum atomic E-state index is 12.7. The number of carbonyl (C=O) groups is 2. The van der Waals surface area contributed by atoms with Crippen molar-refractivity contribution < 1.29 is 14.0 Å². The lowest BCUT2D eigenvalue weighted by atomic mass is 10.1. The number of pyridine rings is 1. The molecule has 26 heavy (non-hydrogen) atoms. The van der Waals surface area contributed by atoms with Gasteiger partial charge in [-0.15, -0.1) is 0 Å². The van der Waals surface area contributed by atoms with Gasteiger partial charge in [0.1, 0.15) is 11.9 Å². The van der Waals surface area contributed by atoms with Gasteiger partial charge in [0.25, 0.3) is 5.91 Å². The molecular formula is C20H19N3O3. The van der Waals surface area contributed by atoms with Gasteiger partial charge in [-0.1, -0.05) is 36.4 Å². The van der Waals surface area contributed by atoms with Gasteiger partial charge in [0.05, 0.1) is 6.26 Å². The van der Waals surface area contributed by atoms with Crippen molar-refractivity contribution in [2.75, 3.05) is 5.32 Å². The van der Waals surface area contributed by atoms with Gasteiger partial charge in [0, 0.05) is 12.1 Å². The summed E-state index contributed by atoms with van der Waals surface area (Å²) < 4.78 is 5.10. The number of nitrogens with one attached hydrogen (secondary N) is 2. The molecule has 0 aliphatic heterocycles. The van der Waals surface area contributed by atoms with Gasteiger partial charge in [-0.25, -0.2) is 4.98 Å². The van der Waals surface area contributed by atoms with E-state index < -0.39 is 11.9 Å². The third kappa shape index (κ3) is 4.57. The van der Waals surface area contributed by atoms with Crippen LogP contribution in [0.2, 0.25) is 0 Å². The summed E-state index contributed by atoms with van der Waals surface area (Å²) in [5.41, 5.74) is 1.73. The molecule has 2 aromatic heterocycles. The van der Waals surface area contributed by atoms with Crippen LogP contribution in [-0.2, 0) is 11.2 Å². The minimum Gasteiger partial charge on any atom is -0.459 e. The monoisotopic (exact) mass is 349 g/mol. The van der Waals surface area contributed by atoms with Gasteiger partial charge in [-0.2, -0.15) is 0 Å². The lowest BCUT2D eigenvalue weighted by Crippen LogP contribution is -2.45. The van der Waals surface area contributed by atoms with Gasteiger partial charge >= 0.3 is 0 Å². The van der Waals surface area contributed by atoms with Gasteiger partial charge in [-0.3, -0.25) is 9.59 Å². The topological polar surface area (TPSA) is 84.2 Å². The van der Waals surface area contributed by atoms with Crippen LogP contribution in [0.3, 0.4) is 0 Å². The van der Waals surface area contributed by atoms with E-state index in [4.69, 9.17) is 4.42 Å². The molecule has 0 fully saturated rings. The number of hydrogen-bond donors (Lipinski definition) is 2. The van der Waals surface area contributed by atoms with Gasteiger partial charge in [0.2, 0.25) is 5.91 Å². The molecule has 2 N–H and O–H groups in total. The summed E-state index contributed by atoms with van der Waals surface area (Å²) in [5, 5.41) is 5.49. The predicted molar refractivity (Wildman–Crippen MR) is 97.7 cm³/mol. The Morgan fingerprint density at radius 1 is 1.04 bits per heavy atom. The van der Waals surface area contributed by atoms with Crippen molar-refractivity contribution in [2.24, 2.45) is 0 Å². The number of aryl methyl sites for hydroxylation is 1. The number of furan rings is 1. The normalized spacial score (nSPS) is 11.6. The molecule has 0 bridgehead atoms. The highest BCUT2D eigenvalue weighted by molar-refractivity contribution is 5.99. The minimum atomic E-state index is -0.766. The summed E-state index contributed by atoms with van der Waals surface area (Å²) >= 11 is 0. The zero-order valence-corrected chi connectivity index (χ0v) is 14.3. The highest BCUT2D eigenvalue weighted by atomic mass is 16.3. The third-order valence-corrected chi connectivity index (χ3v) is 3.79. The second kappa shape index (κ2) is 8.11. The Bertz CT molecular complexity index is 876. The average Bonchev–Trinajstić information content (AvgIpc) is 3.17. The van der Waals surface area contributed by atoms with Crippen molar-refractivity contribution in [2.45, 2.75) is 19.4 Å². The second-order valence-corrected chi connectivity index (χ2v) is 5.85. The molecule has 2 heterocycles. The Kier molecular flexibility index (Phi) is 5.43. The molecule has 132 valence electrons. The first kappa shape index (κ1) is 17.4. The van der Waals surface area contributed by atoms with Crippen LogP contribution in [-0.4, -0.2) is 22.8 Å². The smallest absolute Gasteiger partial charge is 0.287 e. The number of aromatic nitrogens is 1. The molecule has 3 aromatic rings. The molecule has 0 aliphatic carbocycles. The molecule has 0 unspecified atom stereocenters. The molecule has 3 rings (SSSR count). The molecule has 6 nitrogen and oxygen atoms in total. The average molecular weight is 349 g/mol. The van der Waals surface area contributed by atoms with Crippen LogP contribution in [0.5, 0.6) is 0 Å². The molecule has 2 amide bonds. The van der Waals surface area contributed by atoms with Crippen LogP contribution in [0.4, 0.5) is 5.82 Å². The molecule has 0 saturated carbocycles. The van der Waals surface area contributed by atoms with E-state index in [-0.39, 0.29) is 11.7 Å². The van der Waals surface area contributed by atoms with Gasteiger partial charge in [0.15, 0.2) is 5.76 Å². The van der Waals surface area contributed by atoms with Crippen LogP contribution in [0, 0.1) is 6.92 Å². The molecule has 1 atom stereocenters. The zero-order valence-electron chi connectivity index (χ0n) is 14.3. The van der Waals surface area contributed by atoms with Crippen LogP contribution >= 0.6 is 0 Å². The van der Waals surface area contributed by atoms with Crippen molar-refractivity contribution in [1.82, 2.24) is 10.3 Å². The first-order valence-electron chi connectivity index (χ1n) is 8.24. The summed E-state index contributed by atoms with van der Waals surface area (Å²) in [7, 11) is 0. The van der Waals surface area contributed by atoms with E-state index in [1.54, 1.807) is 18.2 Å². The summed E-state index contributed by atoms with van der Waals surface area (Å²) in [6.07, 6.45) is 1.77.